The molecule has 0 radical (unpaired) electrons. The van der Waals surface area contributed by atoms with Crippen LogP contribution in [0.4, 0.5) is 11.4 Å². The van der Waals surface area contributed by atoms with Gasteiger partial charge in [0.1, 0.15) is 8.07 Å². The molecular weight excluding hydrogens is 527 g/mol. The van der Waals surface area contributed by atoms with Gasteiger partial charge in [0.15, 0.2) is 0 Å². The molecule has 0 saturated carbocycles. The van der Waals surface area contributed by atoms with Gasteiger partial charge >= 0.3 is 0 Å². The number of anilines is 2. The number of imide groups is 2. The maximum absolute atomic E-state index is 11.5. The van der Waals surface area contributed by atoms with E-state index in [1.54, 1.807) is 12.1 Å². The lowest BCUT2D eigenvalue weighted by atomic mass is 10.0. The minimum absolute atomic E-state index is 0.330. The van der Waals surface area contributed by atoms with Crippen molar-refractivity contribution in [3.05, 3.63) is 55.7 Å². The number of carbonyl (C=O) groups excluding carboxylic acids is 4. The molecule has 0 atom stereocenters. The van der Waals surface area contributed by atoms with Gasteiger partial charge in [-0.1, -0.05) is 25.6 Å². The highest BCUT2D eigenvalue weighted by molar-refractivity contribution is 14.1. The molecule has 2 aromatic carbocycles. The van der Waals surface area contributed by atoms with Gasteiger partial charge < -0.3 is 11.5 Å². The van der Waals surface area contributed by atoms with Gasteiger partial charge in [0.25, 0.3) is 23.6 Å². The molecule has 2 aliphatic rings. The van der Waals surface area contributed by atoms with Crippen molar-refractivity contribution in [2.45, 2.75) is 19.6 Å². The van der Waals surface area contributed by atoms with E-state index in [0.29, 0.717) is 39.2 Å². The zero-order valence-electron chi connectivity index (χ0n) is 17.0. The molecule has 10 heteroatoms. The molecule has 0 aliphatic carbocycles. The third-order valence-electron chi connectivity index (χ3n) is 4.33. The fourth-order valence-corrected chi connectivity index (χ4v) is 3.77. The summed E-state index contributed by atoms with van der Waals surface area (Å²) in [6.45, 7) is 6.37. The second-order valence-corrected chi connectivity index (χ2v) is 13.9. The molecule has 158 valence electrons. The lowest BCUT2D eigenvalue weighted by Crippen LogP contribution is -2.19. The number of halogens is 1. The molecular formula is C21H19IN4O4Si. The highest BCUT2D eigenvalue weighted by Gasteiger charge is 2.28. The molecule has 0 bridgehead atoms. The van der Waals surface area contributed by atoms with E-state index in [0.717, 1.165) is 3.57 Å². The van der Waals surface area contributed by atoms with Crippen molar-refractivity contribution in [2.75, 3.05) is 11.5 Å². The van der Waals surface area contributed by atoms with Crippen molar-refractivity contribution in [1.29, 1.82) is 0 Å². The van der Waals surface area contributed by atoms with Crippen LogP contribution >= 0.6 is 22.6 Å². The first-order valence-corrected chi connectivity index (χ1v) is 13.7. The highest BCUT2D eigenvalue weighted by atomic mass is 127. The first kappa shape index (κ1) is 22.5. The van der Waals surface area contributed by atoms with Crippen LogP contribution in [0.5, 0.6) is 0 Å². The van der Waals surface area contributed by atoms with Gasteiger partial charge in [-0.25, -0.2) is 0 Å². The van der Waals surface area contributed by atoms with Crippen LogP contribution in [0.25, 0.3) is 0 Å². The fraction of sp³-hybridized carbons (Fsp3) is 0.143. The van der Waals surface area contributed by atoms with Crippen molar-refractivity contribution < 1.29 is 19.2 Å². The van der Waals surface area contributed by atoms with Crippen molar-refractivity contribution in [3.8, 4) is 11.5 Å². The average molecular weight is 546 g/mol. The number of hydrogen-bond donors (Lipinski definition) is 4. The Kier molecular flexibility index (Phi) is 5.93. The van der Waals surface area contributed by atoms with Gasteiger partial charge in [-0.15, -0.1) is 5.54 Å². The van der Waals surface area contributed by atoms with E-state index in [1.807, 2.05) is 22.6 Å². The summed E-state index contributed by atoms with van der Waals surface area (Å²) in [5.74, 6) is 1.51. The van der Waals surface area contributed by atoms with Crippen LogP contribution in [0.15, 0.2) is 24.3 Å². The topological polar surface area (TPSA) is 144 Å². The first-order valence-electron chi connectivity index (χ1n) is 9.14. The predicted molar refractivity (Wildman–Crippen MR) is 128 cm³/mol. The van der Waals surface area contributed by atoms with E-state index in [4.69, 9.17) is 11.5 Å². The number of fused-ring (bicyclic) bond motifs is 2. The zero-order chi connectivity index (χ0) is 23.1. The summed E-state index contributed by atoms with van der Waals surface area (Å²) in [6, 6.07) is 6.25. The average Bonchev–Trinajstić information content (AvgIpc) is 3.09. The van der Waals surface area contributed by atoms with E-state index in [2.05, 4.69) is 41.7 Å². The van der Waals surface area contributed by atoms with Crippen LogP contribution in [0.2, 0.25) is 19.6 Å². The predicted octanol–water partition coefficient (Wildman–Crippen LogP) is 2.14. The number of nitrogens with two attached hydrogens (primary N) is 2. The summed E-state index contributed by atoms with van der Waals surface area (Å²) >= 11 is 2.02. The highest BCUT2D eigenvalue weighted by Crippen LogP contribution is 2.24. The summed E-state index contributed by atoms with van der Waals surface area (Å²) in [7, 11) is -1.50. The monoisotopic (exact) mass is 546 g/mol. The van der Waals surface area contributed by atoms with Gasteiger partial charge in [-0.3, -0.25) is 29.8 Å². The van der Waals surface area contributed by atoms with Crippen molar-refractivity contribution >= 4 is 65.7 Å². The number of amides is 4. The molecule has 6 N–H and O–H groups in total. The van der Waals surface area contributed by atoms with Gasteiger partial charge in [0.2, 0.25) is 0 Å². The number of rotatable bonds is 0. The van der Waals surface area contributed by atoms with E-state index in [9.17, 15) is 19.2 Å². The molecule has 8 nitrogen and oxygen atoms in total. The Morgan fingerprint density at radius 3 is 1.65 bits per heavy atom. The summed E-state index contributed by atoms with van der Waals surface area (Å²) in [5.41, 5.74) is 17.7. The summed E-state index contributed by atoms with van der Waals surface area (Å²) in [4.78, 5) is 45.3. The Labute approximate surface area is 193 Å². The van der Waals surface area contributed by atoms with Crippen LogP contribution < -0.4 is 22.1 Å². The van der Waals surface area contributed by atoms with E-state index in [-0.39, 0.29) is 17.7 Å². The Hall–Kier alpha value is -3.17. The third-order valence-corrected chi connectivity index (χ3v) is 6.14. The van der Waals surface area contributed by atoms with Crippen molar-refractivity contribution in [3.63, 3.8) is 0 Å². The zero-order valence-corrected chi connectivity index (χ0v) is 20.1. The number of hydrogen-bond acceptors (Lipinski definition) is 6. The van der Waals surface area contributed by atoms with Gasteiger partial charge in [0, 0.05) is 20.5 Å². The summed E-state index contributed by atoms with van der Waals surface area (Å²) in [6.07, 6.45) is 0. The number of benzene rings is 2. The molecule has 2 aliphatic heterocycles. The third kappa shape index (κ3) is 4.78. The minimum atomic E-state index is -1.50. The molecule has 31 heavy (non-hydrogen) atoms. The van der Waals surface area contributed by atoms with Crippen LogP contribution in [0.3, 0.4) is 0 Å². The van der Waals surface area contributed by atoms with E-state index < -0.39 is 14.0 Å². The molecule has 0 saturated heterocycles. The smallest absolute Gasteiger partial charge is 0.259 e. The van der Waals surface area contributed by atoms with Crippen LogP contribution in [-0.4, -0.2) is 31.7 Å². The largest absolute Gasteiger partial charge is 0.398 e. The molecule has 2 heterocycles. The Balaban J connectivity index is 0.000000185. The molecule has 0 fully saturated rings. The molecule has 4 amide bonds. The Morgan fingerprint density at radius 1 is 0.742 bits per heavy atom. The Morgan fingerprint density at radius 2 is 1.16 bits per heavy atom. The standard InChI is InChI=1S/C13H14N2O2Si.C8H5IN2O2/c1-18(2,3)5-4-8-6-9-10(7-11(8)14)13(17)15-12(9)16;9-5-1-3-4(2-6(5)10)8(13)11-7(3)12/h6-7H,14H2,1-3H3,(H,15,16,17);1-2H,10H2,(H,11,12,13). The first-order chi connectivity index (χ1) is 14.4. The minimum Gasteiger partial charge on any atom is -0.398 e. The number of nitrogens with one attached hydrogen (secondary N) is 2. The summed E-state index contributed by atoms with van der Waals surface area (Å²) < 4.78 is 0.779. The molecule has 4 rings (SSSR count). The maximum Gasteiger partial charge on any atom is 0.259 e. The lowest BCUT2D eigenvalue weighted by molar-refractivity contribution is 0.0863. The summed E-state index contributed by atoms with van der Waals surface area (Å²) in [5, 5.41) is 4.44. The molecule has 0 spiro atoms. The molecule has 2 aromatic rings. The quantitative estimate of drug-likeness (QED) is 0.131. The second kappa shape index (κ2) is 8.16. The molecule has 0 aromatic heterocycles. The van der Waals surface area contributed by atoms with Gasteiger partial charge in [-0.05, 0) is 46.9 Å². The van der Waals surface area contributed by atoms with Crippen LogP contribution in [-0.2, 0) is 0 Å². The van der Waals surface area contributed by atoms with Gasteiger partial charge in [-0.2, -0.15) is 0 Å². The number of nitrogen functional groups attached to an aromatic ring is 2. The van der Waals surface area contributed by atoms with Gasteiger partial charge in [0.05, 0.1) is 22.3 Å². The van der Waals surface area contributed by atoms with E-state index >= 15 is 0 Å². The van der Waals surface area contributed by atoms with E-state index in [1.165, 1.54) is 12.1 Å². The second-order valence-electron chi connectivity index (χ2n) is 7.97. The van der Waals surface area contributed by atoms with Crippen LogP contribution in [0, 0.1) is 15.0 Å². The lowest BCUT2D eigenvalue weighted by Gasteiger charge is -2.05. The maximum atomic E-state index is 11.5. The Bertz CT molecular complexity index is 1200. The van der Waals surface area contributed by atoms with Crippen molar-refractivity contribution in [1.82, 2.24) is 10.6 Å². The number of carbonyl (C=O) groups is 4. The molecule has 0 unspecified atom stereocenters. The SMILES string of the molecule is C[Si](C)(C)C#Cc1cc2c(cc1N)C(=O)NC2=O.Nc1cc2c(cc1I)C(=O)NC2=O. The van der Waals surface area contributed by atoms with Crippen molar-refractivity contribution in [2.24, 2.45) is 0 Å². The van der Waals surface area contributed by atoms with Crippen LogP contribution in [0.1, 0.15) is 47.0 Å². The fourth-order valence-electron chi connectivity index (χ4n) is 2.80. The normalized spacial score (nSPS) is 13.9.